The molecule has 0 saturated heterocycles. The van der Waals surface area contributed by atoms with Gasteiger partial charge in [-0.15, -0.1) is 0 Å². The van der Waals surface area contributed by atoms with E-state index in [1.165, 1.54) is 4.90 Å². The summed E-state index contributed by atoms with van der Waals surface area (Å²) in [6, 6.07) is 5.39. The van der Waals surface area contributed by atoms with Crippen molar-refractivity contribution in [2.45, 2.75) is 51.2 Å². The van der Waals surface area contributed by atoms with Gasteiger partial charge in [-0.3, -0.25) is 14.5 Å². The number of nitrogens with two attached hydrogens (primary N) is 1. The predicted molar refractivity (Wildman–Crippen MR) is 88.3 cm³/mol. The van der Waals surface area contributed by atoms with Crippen LogP contribution in [0.15, 0.2) is 18.2 Å². The fourth-order valence-corrected chi connectivity index (χ4v) is 3.25. The van der Waals surface area contributed by atoms with E-state index in [-0.39, 0.29) is 24.4 Å². The van der Waals surface area contributed by atoms with Crippen LogP contribution in [0.4, 0.5) is 11.4 Å². The highest BCUT2D eigenvalue weighted by Crippen LogP contribution is 2.36. The van der Waals surface area contributed by atoms with E-state index in [4.69, 9.17) is 10.5 Å². The quantitative estimate of drug-likeness (QED) is 0.830. The van der Waals surface area contributed by atoms with Gasteiger partial charge in [-0.05, 0) is 31.4 Å². The topological polar surface area (TPSA) is 84.7 Å². The van der Waals surface area contributed by atoms with Gasteiger partial charge in [-0.25, -0.2) is 0 Å². The van der Waals surface area contributed by atoms with Crippen molar-refractivity contribution in [2.75, 3.05) is 17.2 Å². The normalized spacial score (nSPS) is 21.0. The Bertz CT molecular complexity index is 611. The third kappa shape index (κ3) is 3.25. The molecule has 3 N–H and O–H groups in total. The van der Waals surface area contributed by atoms with E-state index in [2.05, 4.69) is 5.32 Å². The Labute approximate surface area is 136 Å². The van der Waals surface area contributed by atoms with Crippen LogP contribution in [-0.2, 0) is 9.59 Å². The van der Waals surface area contributed by atoms with E-state index in [1.54, 1.807) is 18.2 Å². The third-order valence-corrected chi connectivity index (χ3v) is 4.48. The highest BCUT2D eigenvalue weighted by molar-refractivity contribution is 6.04. The molecule has 3 rings (SSSR count). The molecule has 1 aromatic rings. The summed E-state index contributed by atoms with van der Waals surface area (Å²) in [7, 11) is 0. The molecular formula is C17H23N3O3. The Morgan fingerprint density at radius 3 is 2.83 bits per heavy atom. The van der Waals surface area contributed by atoms with Crippen molar-refractivity contribution in [3.8, 4) is 5.75 Å². The van der Waals surface area contributed by atoms with Crippen molar-refractivity contribution < 1.29 is 14.3 Å². The van der Waals surface area contributed by atoms with Crippen LogP contribution >= 0.6 is 0 Å². The number of fused-ring (bicyclic) bond motifs is 1. The zero-order valence-electron chi connectivity index (χ0n) is 13.4. The van der Waals surface area contributed by atoms with Gasteiger partial charge in [0.15, 0.2) is 6.10 Å². The van der Waals surface area contributed by atoms with Crippen molar-refractivity contribution in [1.82, 2.24) is 5.32 Å². The van der Waals surface area contributed by atoms with Crippen LogP contribution in [0.2, 0.25) is 0 Å². The molecule has 2 aliphatic rings. The van der Waals surface area contributed by atoms with Gasteiger partial charge >= 0.3 is 0 Å². The SMILES string of the molecule is CCC1Oc2cc(N)ccc2N(CC(=O)NC2CCCC2)C1=O. The minimum absolute atomic E-state index is 0.0200. The van der Waals surface area contributed by atoms with Gasteiger partial charge in [0.25, 0.3) is 5.91 Å². The van der Waals surface area contributed by atoms with Crippen molar-refractivity contribution >= 4 is 23.2 Å². The summed E-state index contributed by atoms with van der Waals surface area (Å²) >= 11 is 0. The standard InChI is InChI=1S/C17H23N3O3/c1-2-14-17(22)20(10-16(21)19-12-5-3-4-6-12)13-8-7-11(18)9-15(13)23-14/h7-9,12,14H,2-6,10,18H2,1H3,(H,19,21). The number of nitrogens with zero attached hydrogens (tertiary/aromatic N) is 1. The van der Waals surface area contributed by atoms with Gasteiger partial charge in [-0.2, -0.15) is 0 Å². The average molecular weight is 317 g/mol. The highest BCUT2D eigenvalue weighted by atomic mass is 16.5. The second kappa shape index (κ2) is 6.48. The van der Waals surface area contributed by atoms with E-state index < -0.39 is 6.10 Å². The van der Waals surface area contributed by atoms with Crippen LogP contribution in [0.3, 0.4) is 0 Å². The number of nitrogens with one attached hydrogen (secondary N) is 1. The van der Waals surface area contributed by atoms with Crippen molar-refractivity contribution in [2.24, 2.45) is 0 Å². The van der Waals surface area contributed by atoms with Gasteiger partial charge in [0.2, 0.25) is 5.91 Å². The summed E-state index contributed by atoms with van der Waals surface area (Å²) in [6.07, 6.45) is 4.33. The van der Waals surface area contributed by atoms with E-state index in [0.29, 0.717) is 23.5 Å². The van der Waals surface area contributed by atoms with E-state index in [9.17, 15) is 9.59 Å². The summed E-state index contributed by atoms with van der Waals surface area (Å²) < 4.78 is 5.72. The van der Waals surface area contributed by atoms with E-state index in [1.807, 2.05) is 6.92 Å². The maximum absolute atomic E-state index is 12.6. The Morgan fingerprint density at radius 1 is 1.39 bits per heavy atom. The van der Waals surface area contributed by atoms with Gasteiger partial charge in [0.05, 0.1) is 5.69 Å². The first-order valence-electron chi connectivity index (χ1n) is 8.25. The largest absolute Gasteiger partial charge is 0.478 e. The average Bonchev–Trinajstić information content (AvgIpc) is 3.02. The van der Waals surface area contributed by atoms with Crippen LogP contribution < -0.4 is 20.7 Å². The molecule has 0 radical (unpaired) electrons. The molecule has 2 amide bonds. The number of amides is 2. The minimum Gasteiger partial charge on any atom is -0.478 e. The molecular weight excluding hydrogens is 294 g/mol. The van der Waals surface area contributed by atoms with E-state index >= 15 is 0 Å². The fourth-order valence-electron chi connectivity index (χ4n) is 3.25. The Morgan fingerprint density at radius 2 is 2.13 bits per heavy atom. The summed E-state index contributed by atoms with van der Waals surface area (Å²) in [5.41, 5.74) is 6.98. The zero-order chi connectivity index (χ0) is 16.4. The van der Waals surface area contributed by atoms with Crippen LogP contribution in [0.25, 0.3) is 0 Å². The summed E-state index contributed by atoms with van der Waals surface area (Å²) in [6.45, 7) is 1.91. The van der Waals surface area contributed by atoms with Crippen LogP contribution in [0, 0.1) is 0 Å². The van der Waals surface area contributed by atoms with Crippen molar-refractivity contribution in [3.05, 3.63) is 18.2 Å². The smallest absolute Gasteiger partial charge is 0.268 e. The van der Waals surface area contributed by atoms with Crippen molar-refractivity contribution in [3.63, 3.8) is 0 Å². The lowest BCUT2D eigenvalue weighted by molar-refractivity contribution is -0.129. The molecule has 1 saturated carbocycles. The zero-order valence-corrected chi connectivity index (χ0v) is 13.4. The molecule has 1 atom stereocenters. The molecule has 6 nitrogen and oxygen atoms in total. The number of benzene rings is 1. The van der Waals surface area contributed by atoms with Crippen molar-refractivity contribution in [1.29, 1.82) is 0 Å². The molecule has 1 aliphatic carbocycles. The number of hydrogen-bond acceptors (Lipinski definition) is 4. The Kier molecular flexibility index (Phi) is 4.41. The molecule has 124 valence electrons. The molecule has 0 aromatic heterocycles. The molecule has 1 aliphatic heterocycles. The second-order valence-corrected chi connectivity index (χ2v) is 6.22. The first kappa shape index (κ1) is 15.6. The first-order valence-corrected chi connectivity index (χ1v) is 8.25. The number of anilines is 2. The molecule has 6 heteroatoms. The highest BCUT2D eigenvalue weighted by Gasteiger charge is 2.34. The number of carbonyl (C=O) groups excluding carboxylic acids is 2. The van der Waals surface area contributed by atoms with Crippen LogP contribution in [-0.4, -0.2) is 30.5 Å². The molecule has 0 bridgehead atoms. The maximum Gasteiger partial charge on any atom is 0.268 e. The lowest BCUT2D eigenvalue weighted by atomic mass is 10.1. The second-order valence-electron chi connectivity index (χ2n) is 6.22. The summed E-state index contributed by atoms with van der Waals surface area (Å²) in [4.78, 5) is 26.4. The lowest BCUT2D eigenvalue weighted by Gasteiger charge is -2.34. The lowest BCUT2D eigenvalue weighted by Crippen LogP contribution is -2.50. The summed E-state index contributed by atoms with van der Waals surface area (Å²) in [5, 5.41) is 3.02. The predicted octanol–water partition coefficient (Wildman–Crippen LogP) is 1.83. The molecule has 1 fully saturated rings. The van der Waals surface area contributed by atoms with E-state index in [0.717, 1.165) is 25.7 Å². The number of carbonyl (C=O) groups is 2. The number of rotatable bonds is 4. The van der Waals surface area contributed by atoms with Gasteiger partial charge < -0.3 is 15.8 Å². The fraction of sp³-hybridized carbons (Fsp3) is 0.529. The number of nitrogen functional groups attached to an aromatic ring is 1. The number of hydrogen-bond donors (Lipinski definition) is 2. The van der Waals surface area contributed by atoms with Gasteiger partial charge in [0.1, 0.15) is 12.3 Å². The Balaban J connectivity index is 1.78. The van der Waals surface area contributed by atoms with Gasteiger partial charge in [-0.1, -0.05) is 19.8 Å². The molecule has 23 heavy (non-hydrogen) atoms. The third-order valence-electron chi connectivity index (χ3n) is 4.48. The maximum atomic E-state index is 12.6. The first-order chi connectivity index (χ1) is 11.1. The molecule has 0 spiro atoms. The molecule has 1 aromatic carbocycles. The van der Waals surface area contributed by atoms with Crippen LogP contribution in [0.5, 0.6) is 5.75 Å². The monoisotopic (exact) mass is 317 g/mol. The number of ether oxygens (including phenoxy) is 1. The minimum atomic E-state index is -0.566. The molecule has 1 heterocycles. The van der Waals surface area contributed by atoms with Crippen LogP contribution in [0.1, 0.15) is 39.0 Å². The van der Waals surface area contributed by atoms with Gasteiger partial charge in [0, 0.05) is 17.8 Å². The summed E-state index contributed by atoms with van der Waals surface area (Å²) in [5.74, 6) is 0.265. The molecule has 1 unspecified atom stereocenters. The Hall–Kier alpha value is -2.24.